The van der Waals surface area contributed by atoms with Gasteiger partial charge < -0.3 is 4.90 Å². The van der Waals surface area contributed by atoms with Crippen LogP contribution in [0.5, 0.6) is 0 Å². The number of para-hydroxylation sites is 1. The molecule has 4 rings (SSSR count). The number of nitrogens with zero attached hydrogens (tertiary/aromatic N) is 1. The van der Waals surface area contributed by atoms with E-state index < -0.39 is 0 Å². The average Bonchev–Trinajstić information content (AvgIpc) is 2.68. The van der Waals surface area contributed by atoms with Crippen LogP contribution >= 0.6 is 31.9 Å². The Morgan fingerprint density at radius 3 is 1.84 bits per heavy atom. The molecular formula is C29H33Br2N. The fraction of sp³-hybridized carbons (Fsp3) is 0.379. The van der Waals surface area contributed by atoms with Gasteiger partial charge in [0, 0.05) is 14.4 Å². The Kier molecular flexibility index (Phi) is 5.70. The van der Waals surface area contributed by atoms with E-state index in [1.54, 1.807) is 0 Å². The van der Waals surface area contributed by atoms with E-state index in [-0.39, 0.29) is 16.2 Å². The molecular weight excluding hydrogens is 522 g/mol. The van der Waals surface area contributed by atoms with E-state index in [4.69, 9.17) is 0 Å². The van der Waals surface area contributed by atoms with Crippen molar-refractivity contribution in [2.75, 3.05) is 4.90 Å². The van der Waals surface area contributed by atoms with E-state index in [1.807, 2.05) is 0 Å². The highest BCUT2D eigenvalue weighted by Crippen LogP contribution is 2.56. The number of fused-ring (bicyclic) bond motifs is 2. The topological polar surface area (TPSA) is 3.24 Å². The minimum atomic E-state index is -0.107. The smallest absolute Gasteiger partial charge is 0.0645 e. The molecule has 0 atom stereocenters. The first-order valence-corrected chi connectivity index (χ1v) is 12.9. The minimum absolute atomic E-state index is 0.0738. The maximum Gasteiger partial charge on any atom is 0.0645 e. The normalized spacial score (nSPS) is 15.4. The molecule has 168 valence electrons. The quantitative estimate of drug-likeness (QED) is 0.289. The molecule has 3 aromatic rings. The van der Waals surface area contributed by atoms with Gasteiger partial charge in [-0.05, 0) is 89.2 Å². The summed E-state index contributed by atoms with van der Waals surface area (Å²) in [4.78, 5) is 2.42. The van der Waals surface area contributed by atoms with Crippen molar-refractivity contribution in [3.05, 3.63) is 85.8 Å². The number of hydrogen-bond donors (Lipinski definition) is 0. The molecule has 0 radical (unpaired) electrons. The molecule has 3 heteroatoms. The number of anilines is 3. The van der Waals surface area contributed by atoms with Crippen molar-refractivity contribution in [3.8, 4) is 0 Å². The SMILES string of the molecule is CC(C)(C)c1ccc(N2c3ccccc3C(C)(C)c3cc(C(C)(C)C)cc(Br)c32)c(Br)c1. The van der Waals surface area contributed by atoms with Crippen LogP contribution in [0.25, 0.3) is 0 Å². The standard InChI is InChI=1S/C29H33Br2N/c1-27(2,3)18-13-14-25(22(30)16-18)32-24-12-10-9-11-20(24)29(7,8)21-15-19(28(4,5)6)17-23(31)26(21)32/h9-17H,1-8H3. The lowest BCUT2D eigenvalue weighted by Gasteiger charge is -2.43. The van der Waals surface area contributed by atoms with Crippen LogP contribution in [0.3, 0.4) is 0 Å². The summed E-state index contributed by atoms with van der Waals surface area (Å²) in [5, 5.41) is 0. The molecule has 0 unspecified atom stereocenters. The van der Waals surface area contributed by atoms with Crippen molar-refractivity contribution in [1.82, 2.24) is 0 Å². The summed E-state index contributed by atoms with van der Waals surface area (Å²) in [6.07, 6.45) is 0. The van der Waals surface area contributed by atoms with Crippen LogP contribution in [0.1, 0.15) is 77.6 Å². The molecule has 1 aliphatic heterocycles. The minimum Gasteiger partial charge on any atom is -0.308 e. The summed E-state index contributed by atoms with van der Waals surface area (Å²) < 4.78 is 2.24. The van der Waals surface area contributed by atoms with Crippen molar-refractivity contribution in [2.24, 2.45) is 0 Å². The lowest BCUT2D eigenvalue weighted by Crippen LogP contribution is -2.32. The van der Waals surface area contributed by atoms with Crippen LogP contribution in [-0.2, 0) is 16.2 Å². The Bertz CT molecular complexity index is 1190. The molecule has 0 spiro atoms. The maximum absolute atomic E-state index is 3.98. The van der Waals surface area contributed by atoms with Gasteiger partial charge in [0.1, 0.15) is 0 Å². The third-order valence-electron chi connectivity index (χ3n) is 6.70. The Morgan fingerprint density at radius 2 is 1.25 bits per heavy atom. The van der Waals surface area contributed by atoms with Crippen LogP contribution in [0.4, 0.5) is 17.1 Å². The summed E-state index contributed by atoms with van der Waals surface area (Å²) in [6.45, 7) is 18.3. The highest BCUT2D eigenvalue weighted by molar-refractivity contribution is 9.11. The second-order valence-corrected chi connectivity index (χ2v) is 13.2. The maximum atomic E-state index is 3.98. The zero-order valence-electron chi connectivity index (χ0n) is 20.4. The molecule has 3 aromatic carbocycles. The molecule has 0 saturated carbocycles. The molecule has 1 heterocycles. The van der Waals surface area contributed by atoms with Gasteiger partial charge in [0.2, 0.25) is 0 Å². The summed E-state index contributed by atoms with van der Waals surface area (Å²) in [5.41, 5.74) is 9.05. The van der Waals surface area contributed by atoms with Crippen LogP contribution in [0, 0.1) is 0 Å². The van der Waals surface area contributed by atoms with Gasteiger partial charge in [0.25, 0.3) is 0 Å². The van der Waals surface area contributed by atoms with Gasteiger partial charge >= 0.3 is 0 Å². The number of hydrogen-bond acceptors (Lipinski definition) is 1. The van der Waals surface area contributed by atoms with E-state index in [1.165, 1.54) is 33.6 Å². The number of benzene rings is 3. The van der Waals surface area contributed by atoms with Gasteiger partial charge in [0.15, 0.2) is 0 Å². The Balaban J connectivity index is 2.04. The lowest BCUT2D eigenvalue weighted by atomic mass is 9.71. The van der Waals surface area contributed by atoms with Crippen molar-refractivity contribution in [2.45, 2.75) is 71.6 Å². The van der Waals surface area contributed by atoms with Gasteiger partial charge in [-0.1, -0.05) is 85.7 Å². The average molecular weight is 555 g/mol. The predicted molar refractivity (Wildman–Crippen MR) is 146 cm³/mol. The van der Waals surface area contributed by atoms with Gasteiger partial charge in [-0.3, -0.25) is 0 Å². The monoisotopic (exact) mass is 553 g/mol. The van der Waals surface area contributed by atoms with Crippen molar-refractivity contribution in [1.29, 1.82) is 0 Å². The molecule has 1 nitrogen and oxygen atoms in total. The van der Waals surface area contributed by atoms with Crippen LogP contribution in [0.15, 0.2) is 63.5 Å². The molecule has 32 heavy (non-hydrogen) atoms. The van der Waals surface area contributed by atoms with Gasteiger partial charge in [-0.2, -0.15) is 0 Å². The Labute approximate surface area is 210 Å². The van der Waals surface area contributed by atoms with E-state index in [9.17, 15) is 0 Å². The van der Waals surface area contributed by atoms with Crippen molar-refractivity contribution < 1.29 is 0 Å². The van der Waals surface area contributed by atoms with E-state index in [0.717, 1.165) is 14.6 Å². The molecule has 0 bridgehead atoms. The molecule has 0 fully saturated rings. The third-order valence-corrected chi connectivity index (χ3v) is 7.94. The molecule has 0 aliphatic carbocycles. The Hall–Kier alpha value is -1.58. The van der Waals surface area contributed by atoms with Crippen LogP contribution in [0.2, 0.25) is 0 Å². The van der Waals surface area contributed by atoms with Gasteiger partial charge in [-0.25, -0.2) is 0 Å². The number of rotatable bonds is 1. The first kappa shape index (κ1) is 23.6. The lowest BCUT2D eigenvalue weighted by molar-refractivity contribution is 0.579. The highest BCUT2D eigenvalue weighted by atomic mass is 79.9. The summed E-state index contributed by atoms with van der Waals surface area (Å²) in [5.74, 6) is 0. The first-order chi connectivity index (χ1) is 14.7. The summed E-state index contributed by atoms with van der Waals surface area (Å²) in [7, 11) is 0. The molecule has 1 aliphatic rings. The zero-order chi connectivity index (χ0) is 23.6. The third kappa shape index (κ3) is 3.86. The van der Waals surface area contributed by atoms with Crippen LogP contribution in [-0.4, -0.2) is 0 Å². The fourth-order valence-corrected chi connectivity index (χ4v) is 5.80. The molecule has 0 saturated heterocycles. The zero-order valence-corrected chi connectivity index (χ0v) is 23.6. The molecule has 0 N–H and O–H groups in total. The second-order valence-electron chi connectivity index (χ2n) is 11.5. The highest BCUT2D eigenvalue weighted by Gasteiger charge is 2.39. The largest absolute Gasteiger partial charge is 0.308 e. The van der Waals surface area contributed by atoms with E-state index in [0.29, 0.717) is 0 Å². The van der Waals surface area contributed by atoms with Crippen LogP contribution < -0.4 is 4.90 Å². The van der Waals surface area contributed by atoms with Crippen molar-refractivity contribution >= 4 is 48.9 Å². The van der Waals surface area contributed by atoms with E-state index in [2.05, 4.69) is 147 Å². The number of halogens is 2. The molecule has 0 amide bonds. The first-order valence-electron chi connectivity index (χ1n) is 11.3. The predicted octanol–water partition coefficient (Wildman–Crippen LogP) is 9.92. The van der Waals surface area contributed by atoms with E-state index >= 15 is 0 Å². The molecule has 0 aromatic heterocycles. The fourth-order valence-electron chi connectivity index (χ4n) is 4.60. The van der Waals surface area contributed by atoms with Crippen molar-refractivity contribution in [3.63, 3.8) is 0 Å². The van der Waals surface area contributed by atoms with Gasteiger partial charge in [0.05, 0.1) is 17.1 Å². The summed E-state index contributed by atoms with van der Waals surface area (Å²) in [6, 6.07) is 20.3. The van der Waals surface area contributed by atoms with Gasteiger partial charge in [-0.15, -0.1) is 0 Å². The summed E-state index contributed by atoms with van der Waals surface area (Å²) >= 11 is 7.90. The second kappa shape index (κ2) is 7.74. The Morgan fingerprint density at radius 1 is 0.656 bits per heavy atom.